The molecule has 130 valence electrons. The van der Waals surface area contributed by atoms with Crippen LogP contribution in [0.5, 0.6) is 11.5 Å². The lowest BCUT2D eigenvalue weighted by atomic mass is 10.1. The molecule has 0 aliphatic heterocycles. The summed E-state index contributed by atoms with van der Waals surface area (Å²) in [6.07, 6.45) is 1.57. The summed E-state index contributed by atoms with van der Waals surface area (Å²) < 4.78 is 5.28. The van der Waals surface area contributed by atoms with E-state index < -0.39 is 5.97 Å². The lowest BCUT2D eigenvalue weighted by molar-refractivity contribution is -0.130. The zero-order valence-electron chi connectivity index (χ0n) is 14.4. The smallest absolute Gasteiger partial charge is 0.339 e. The number of hydrogen-bond acceptors (Lipinski definition) is 5. The fourth-order valence-corrected chi connectivity index (χ4v) is 2.11. The van der Waals surface area contributed by atoms with Gasteiger partial charge in [0.05, 0.1) is 0 Å². The molecule has 0 unspecified atom stereocenters. The van der Waals surface area contributed by atoms with E-state index in [1.807, 2.05) is 25.1 Å². The van der Waals surface area contributed by atoms with E-state index in [1.54, 1.807) is 49.4 Å². The van der Waals surface area contributed by atoms with Crippen molar-refractivity contribution in [2.75, 3.05) is 19.0 Å². The third kappa shape index (κ3) is 4.60. The molecule has 2 aromatic rings. The summed E-state index contributed by atoms with van der Waals surface area (Å²) in [7, 11) is 3.76. The van der Waals surface area contributed by atoms with E-state index in [2.05, 4.69) is 0 Å². The van der Waals surface area contributed by atoms with Gasteiger partial charge >= 0.3 is 5.97 Å². The number of nitrogens with two attached hydrogens (primary N) is 1. The molecule has 0 saturated heterocycles. The second kappa shape index (κ2) is 7.53. The highest BCUT2D eigenvalue weighted by Gasteiger charge is 2.10. The van der Waals surface area contributed by atoms with E-state index in [-0.39, 0.29) is 11.6 Å². The number of nitrogens with zero attached hydrogens (tertiary/aromatic N) is 1. The van der Waals surface area contributed by atoms with Crippen LogP contribution in [0.25, 0.3) is 6.08 Å². The Labute approximate surface area is 146 Å². The maximum Gasteiger partial charge on any atom is 0.339 e. The number of phenols is 1. The number of phenolic OH excluding ortho intramolecular Hbond substituents is 1. The number of benzene rings is 2. The van der Waals surface area contributed by atoms with Gasteiger partial charge in [-0.25, -0.2) is 4.79 Å². The van der Waals surface area contributed by atoms with E-state index in [0.29, 0.717) is 22.4 Å². The highest BCUT2D eigenvalue weighted by atomic mass is 16.5. The number of aromatic hydroxyl groups is 1. The topological polar surface area (TPSA) is 99.6 Å². The van der Waals surface area contributed by atoms with Gasteiger partial charge in [-0.3, -0.25) is 5.41 Å². The van der Waals surface area contributed by atoms with Crippen molar-refractivity contribution < 1.29 is 14.6 Å². The molecule has 2 rings (SSSR count). The van der Waals surface area contributed by atoms with Crippen molar-refractivity contribution in [3.8, 4) is 11.5 Å². The monoisotopic (exact) mass is 339 g/mol. The first-order valence-corrected chi connectivity index (χ1v) is 7.63. The van der Waals surface area contributed by atoms with Gasteiger partial charge in [-0.05, 0) is 49.4 Å². The quantitative estimate of drug-likeness (QED) is 0.256. The Morgan fingerprint density at radius 1 is 1.20 bits per heavy atom. The van der Waals surface area contributed by atoms with Crippen LogP contribution in [0.3, 0.4) is 0 Å². The molecule has 0 amide bonds. The van der Waals surface area contributed by atoms with E-state index >= 15 is 0 Å². The van der Waals surface area contributed by atoms with Crippen molar-refractivity contribution in [3.63, 3.8) is 0 Å². The van der Waals surface area contributed by atoms with E-state index in [9.17, 15) is 9.90 Å². The Morgan fingerprint density at radius 2 is 1.84 bits per heavy atom. The van der Waals surface area contributed by atoms with Gasteiger partial charge in [0, 0.05) is 42.5 Å². The predicted molar refractivity (Wildman–Crippen MR) is 99.2 cm³/mol. The average molecular weight is 339 g/mol. The van der Waals surface area contributed by atoms with Crippen molar-refractivity contribution in [3.05, 3.63) is 59.2 Å². The Kier molecular flexibility index (Phi) is 5.44. The summed E-state index contributed by atoms with van der Waals surface area (Å²) >= 11 is 0. The van der Waals surface area contributed by atoms with Crippen molar-refractivity contribution in [2.24, 2.45) is 5.73 Å². The first-order chi connectivity index (χ1) is 11.8. The van der Waals surface area contributed by atoms with Gasteiger partial charge < -0.3 is 20.5 Å². The summed E-state index contributed by atoms with van der Waals surface area (Å²) in [5, 5.41) is 17.4. The van der Waals surface area contributed by atoms with Crippen molar-refractivity contribution in [2.45, 2.75) is 6.92 Å². The van der Waals surface area contributed by atoms with Crippen LogP contribution < -0.4 is 15.4 Å². The maximum atomic E-state index is 12.2. The second-order valence-corrected chi connectivity index (χ2v) is 5.79. The first-order valence-electron chi connectivity index (χ1n) is 7.63. The number of hydrogen-bond donors (Lipinski definition) is 3. The van der Waals surface area contributed by atoms with Crippen LogP contribution in [0, 0.1) is 5.41 Å². The molecule has 0 bridgehead atoms. The first kappa shape index (κ1) is 18.1. The number of carbonyl (C=O) groups excluding carboxylic acids is 1. The Morgan fingerprint density at radius 3 is 2.36 bits per heavy atom. The average Bonchev–Trinajstić information content (AvgIpc) is 2.56. The summed E-state index contributed by atoms with van der Waals surface area (Å²) in [6.45, 7) is 1.62. The highest BCUT2D eigenvalue weighted by molar-refractivity contribution is 5.96. The Bertz CT molecular complexity index is 824. The highest BCUT2D eigenvalue weighted by Crippen LogP contribution is 2.26. The molecule has 6 nitrogen and oxygen atoms in total. The zero-order chi connectivity index (χ0) is 18.6. The minimum absolute atomic E-state index is 0.0504. The number of ether oxygens (including phenoxy) is 1. The van der Waals surface area contributed by atoms with Crippen LogP contribution in [-0.2, 0) is 4.79 Å². The SMILES string of the molecule is C/C(=C\c1ccc(N(C)C)cc1O)C(=O)Oc1ccc(C(=N)N)cc1. The lowest BCUT2D eigenvalue weighted by Crippen LogP contribution is -2.12. The second-order valence-electron chi connectivity index (χ2n) is 5.79. The molecule has 2 aromatic carbocycles. The van der Waals surface area contributed by atoms with Crippen LogP contribution in [0.15, 0.2) is 48.0 Å². The number of nitrogen functional groups attached to an aromatic ring is 1. The van der Waals surface area contributed by atoms with Gasteiger partial charge in [0.25, 0.3) is 0 Å². The molecule has 0 aliphatic carbocycles. The van der Waals surface area contributed by atoms with Crippen LogP contribution in [0.4, 0.5) is 5.69 Å². The molecule has 0 fully saturated rings. The molecule has 0 atom stereocenters. The minimum atomic E-state index is -0.522. The fraction of sp³-hybridized carbons (Fsp3) is 0.158. The van der Waals surface area contributed by atoms with Crippen LogP contribution in [-0.4, -0.2) is 31.0 Å². The van der Waals surface area contributed by atoms with Crippen LogP contribution in [0.2, 0.25) is 0 Å². The molecule has 6 heteroatoms. The fourth-order valence-electron chi connectivity index (χ4n) is 2.11. The molecule has 0 radical (unpaired) electrons. The molecule has 0 aromatic heterocycles. The van der Waals surface area contributed by atoms with Gasteiger partial charge in [0.15, 0.2) is 0 Å². The lowest BCUT2D eigenvalue weighted by Gasteiger charge is -2.13. The molecular formula is C19H21N3O3. The van der Waals surface area contributed by atoms with E-state index in [4.69, 9.17) is 15.9 Å². The molecule has 0 spiro atoms. The molecule has 0 aliphatic rings. The number of rotatable bonds is 5. The van der Waals surface area contributed by atoms with E-state index in [1.165, 1.54) is 0 Å². The zero-order valence-corrected chi connectivity index (χ0v) is 14.4. The molecule has 25 heavy (non-hydrogen) atoms. The van der Waals surface area contributed by atoms with Gasteiger partial charge in [0.2, 0.25) is 0 Å². The number of amidine groups is 1. The molecule has 0 saturated carbocycles. The van der Waals surface area contributed by atoms with Crippen LogP contribution in [0.1, 0.15) is 18.1 Å². The van der Waals surface area contributed by atoms with E-state index in [0.717, 1.165) is 5.69 Å². The number of carbonyl (C=O) groups is 1. The molecule has 4 N–H and O–H groups in total. The Balaban J connectivity index is 2.13. The van der Waals surface area contributed by atoms with Crippen molar-refractivity contribution in [1.29, 1.82) is 5.41 Å². The third-order valence-electron chi connectivity index (χ3n) is 3.60. The molecular weight excluding hydrogens is 318 g/mol. The third-order valence-corrected chi connectivity index (χ3v) is 3.60. The van der Waals surface area contributed by atoms with Crippen molar-refractivity contribution in [1.82, 2.24) is 0 Å². The number of nitrogens with one attached hydrogen (secondary N) is 1. The van der Waals surface area contributed by atoms with Gasteiger partial charge in [0.1, 0.15) is 17.3 Å². The summed E-state index contributed by atoms with van der Waals surface area (Å²) in [6, 6.07) is 11.6. The predicted octanol–water partition coefficient (Wildman–Crippen LogP) is 2.75. The summed E-state index contributed by atoms with van der Waals surface area (Å²) in [5.74, 6) is -0.128. The standard InChI is InChI=1S/C19H21N3O3/c1-12(10-14-4-7-15(22(2)3)11-17(14)23)19(24)25-16-8-5-13(6-9-16)18(20)21/h4-11,23H,1-3H3,(H3,20,21)/b12-10+. The summed E-state index contributed by atoms with van der Waals surface area (Å²) in [5.41, 5.74) is 7.68. The molecule has 0 heterocycles. The number of esters is 1. The van der Waals surface area contributed by atoms with Gasteiger partial charge in [-0.2, -0.15) is 0 Å². The van der Waals surface area contributed by atoms with Gasteiger partial charge in [-0.1, -0.05) is 0 Å². The maximum absolute atomic E-state index is 12.2. The summed E-state index contributed by atoms with van der Waals surface area (Å²) in [4.78, 5) is 14.0. The largest absolute Gasteiger partial charge is 0.507 e. The van der Waals surface area contributed by atoms with Crippen LogP contribution >= 0.6 is 0 Å². The minimum Gasteiger partial charge on any atom is -0.507 e. The normalized spacial score (nSPS) is 11.1. The van der Waals surface area contributed by atoms with Crippen molar-refractivity contribution >= 4 is 23.6 Å². The number of anilines is 1. The van der Waals surface area contributed by atoms with Gasteiger partial charge in [-0.15, -0.1) is 0 Å². The Hall–Kier alpha value is -3.28.